The molecule has 1 heterocycles. The minimum absolute atomic E-state index is 0.00427. The molecule has 4 rings (SSSR count). The monoisotopic (exact) mass is 457 g/mol. The highest BCUT2D eigenvalue weighted by Gasteiger charge is 2.19. The van der Waals surface area contributed by atoms with Gasteiger partial charge in [0.1, 0.15) is 11.6 Å². The lowest BCUT2D eigenvalue weighted by molar-refractivity contribution is -0.124. The van der Waals surface area contributed by atoms with Crippen LogP contribution in [0.25, 0.3) is 5.70 Å². The Bertz CT molecular complexity index is 1130. The molecule has 5 N–H and O–H groups in total. The van der Waals surface area contributed by atoms with E-state index in [-0.39, 0.29) is 12.5 Å². The molecule has 176 valence electrons. The van der Waals surface area contributed by atoms with Crippen LogP contribution in [0.5, 0.6) is 5.75 Å². The van der Waals surface area contributed by atoms with Gasteiger partial charge in [-0.25, -0.2) is 4.99 Å². The number of benzene rings is 2. The lowest BCUT2D eigenvalue weighted by atomic mass is 9.93. The van der Waals surface area contributed by atoms with Gasteiger partial charge < -0.3 is 26.5 Å². The van der Waals surface area contributed by atoms with E-state index in [1.54, 1.807) is 6.07 Å². The van der Waals surface area contributed by atoms with E-state index in [2.05, 4.69) is 22.8 Å². The third-order valence-electron chi connectivity index (χ3n) is 5.91. The summed E-state index contributed by atoms with van der Waals surface area (Å²) >= 11 is 0. The summed E-state index contributed by atoms with van der Waals surface area (Å²) in [6.07, 6.45) is 13.6. The summed E-state index contributed by atoms with van der Waals surface area (Å²) in [5.74, 6) is 1.25. The lowest BCUT2D eigenvalue weighted by Crippen LogP contribution is -2.41. The number of nitrogen functional groups attached to an aromatic ring is 1. The minimum atomic E-state index is -0.0841. The second-order valence-electron chi connectivity index (χ2n) is 8.54. The van der Waals surface area contributed by atoms with Crippen molar-refractivity contribution in [3.63, 3.8) is 0 Å². The molecule has 0 bridgehead atoms. The molecule has 0 aromatic heterocycles. The first-order valence-electron chi connectivity index (χ1n) is 11.8. The normalized spacial score (nSPS) is 16.1. The van der Waals surface area contributed by atoms with Crippen molar-refractivity contribution in [1.82, 2.24) is 5.32 Å². The highest BCUT2D eigenvalue weighted by Crippen LogP contribution is 2.25. The highest BCUT2D eigenvalue weighted by molar-refractivity contribution is 6.06. The van der Waals surface area contributed by atoms with E-state index in [0.29, 0.717) is 28.9 Å². The lowest BCUT2D eigenvalue weighted by Gasteiger charge is -2.26. The van der Waals surface area contributed by atoms with E-state index in [1.807, 2.05) is 42.5 Å². The van der Waals surface area contributed by atoms with Gasteiger partial charge in [-0.2, -0.15) is 0 Å². The molecule has 0 saturated heterocycles. The second kappa shape index (κ2) is 11.3. The third kappa shape index (κ3) is 6.34. The number of rotatable bonds is 7. The SMILES string of the molecule is N=Cc1cc(NC2=NC(c3cccc(OCC(=O)NC4CCC4)c3)=CCCCC=C2)ccc1N. The maximum absolute atomic E-state index is 12.1. The molecule has 2 aliphatic rings. The predicted octanol–water partition coefficient (Wildman–Crippen LogP) is 4.91. The van der Waals surface area contributed by atoms with Crippen LogP contribution in [0.3, 0.4) is 0 Å². The van der Waals surface area contributed by atoms with E-state index in [4.69, 9.17) is 20.9 Å². The standard InChI is InChI=1S/C27H31N5O2/c28-17-20-15-22(13-14-24(20)29)30-26-12-4-2-1-3-11-25(32-26)19-7-5-10-23(16-19)34-18-27(33)31-21-8-6-9-21/h4-5,7,10-17,21,28H,1-3,6,8-9,18,29H2,(H,30,32)(H,31,33). The molecule has 1 amide bonds. The largest absolute Gasteiger partial charge is 0.484 e. The Balaban J connectivity index is 1.51. The van der Waals surface area contributed by atoms with Gasteiger partial charge in [-0.15, -0.1) is 0 Å². The van der Waals surface area contributed by atoms with Gasteiger partial charge in [-0.3, -0.25) is 4.79 Å². The van der Waals surface area contributed by atoms with Crippen LogP contribution >= 0.6 is 0 Å². The van der Waals surface area contributed by atoms with Crippen LogP contribution in [0.1, 0.15) is 49.7 Å². The molecule has 0 atom stereocenters. The van der Waals surface area contributed by atoms with Crippen molar-refractivity contribution >= 4 is 35.0 Å². The second-order valence-corrected chi connectivity index (χ2v) is 8.54. The number of nitrogens with two attached hydrogens (primary N) is 1. The number of aliphatic imine (C=N–C) groups is 1. The van der Waals surface area contributed by atoms with Gasteiger partial charge in [0.05, 0.1) is 5.70 Å². The maximum atomic E-state index is 12.1. The summed E-state index contributed by atoms with van der Waals surface area (Å²) in [5.41, 5.74) is 9.70. The molecule has 1 aliphatic carbocycles. The molecule has 0 unspecified atom stereocenters. The molecule has 7 nitrogen and oxygen atoms in total. The molecular formula is C27H31N5O2. The van der Waals surface area contributed by atoms with Crippen molar-refractivity contribution in [2.75, 3.05) is 17.7 Å². The minimum Gasteiger partial charge on any atom is -0.484 e. The molecule has 34 heavy (non-hydrogen) atoms. The Hall–Kier alpha value is -3.87. The molecule has 1 fully saturated rings. The Morgan fingerprint density at radius 2 is 2.06 bits per heavy atom. The first-order chi connectivity index (χ1) is 16.6. The van der Waals surface area contributed by atoms with Crippen LogP contribution in [0.4, 0.5) is 11.4 Å². The van der Waals surface area contributed by atoms with E-state index in [9.17, 15) is 4.79 Å². The number of nitrogens with one attached hydrogen (secondary N) is 3. The predicted molar refractivity (Wildman–Crippen MR) is 138 cm³/mol. The molecule has 2 aromatic rings. The van der Waals surface area contributed by atoms with Gasteiger partial charge in [0.25, 0.3) is 5.91 Å². The number of nitrogens with zero attached hydrogens (tertiary/aromatic N) is 1. The molecule has 7 heteroatoms. The van der Waals surface area contributed by atoms with Crippen LogP contribution in [-0.2, 0) is 4.79 Å². The van der Waals surface area contributed by atoms with Gasteiger partial charge in [0, 0.05) is 34.8 Å². The van der Waals surface area contributed by atoms with Crippen molar-refractivity contribution in [2.24, 2.45) is 4.99 Å². The fourth-order valence-electron chi connectivity index (χ4n) is 3.78. The van der Waals surface area contributed by atoms with Crippen LogP contribution in [-0.4, -0.2) is 30.6 Å². The topological polar surface area (TPSA) is 113 Å². The van der Waals surface area contributed by atoms with Gasteiger partial charge in [0.2, 0.25) is 0 Å². The average Bonchev–Trinajstić information content (AvgIpc) is 2.94. The van der Waals surface area contributed by atoms with E-state index in [1.165, 1.54) is 12.6 Å². The quantitative estimate of drug-likeness (QED) is 0.350. The van der Waals surface area contributed by atoms with Crippen LogP contribution in [0, 0.1) is 5.41 Å². The smallest absolute Gasteiger partial charge is 0.258 e. The van der Waals surface area contributed by atoms with Crippen molar-refractivity contribution in [2.45, 2.75) is 44.6 Å². The molecule has 0 spiro atoms. The fourth-order valence-corrected chi connectivity index (χ4v) is 3.78. The molecule has 2 aromatic carbocycles. The first kappa shape index (κ1) is 23.3. The van der Waals surface area contributed by atoms with Gasteiger partial charge >= 0.3 is 0 Å². The zero-order valence-corrected chi connectivity index (χ0v) is 19.2. The van der Waals surface area contributed by atoms with E-state index in [0.717, 1.165) is 49.1 Å². The zero-order valence-electron chi connectivity index (χ0n) is 19.2. The summed E-state index contributed by atoms with van der Waals surface area (Å²) in [4.78, 5) is 17.0. The summed E-state index contributed by atoms with van der Waals surface area (Å²) in [6.45, 7) is 0.00427. The number of carbonyl (C=O) groups is 1. The van der Waals surface area contributed by atoms with E-state index < -0.39 is 0 Å². The number of hydrogen-bond donors (Lipinski definition) is 4. The molecule has 1 aliphatic heterocycles. The number of carbonyl (C=O) groups excluding carboxylic acids is 1. The van der Waals surface area contributed by atoms with Crippen molar-refractivity contribution in [3.05, 3.63) is 71.8 Å². The summed E-state index contributed by atoms with van der Waals surface area (Å²) < 4.78 is 5.76. The number of ether oxygens (including phenoxy) is 1. The molecule has 1 saturated carbocycles. The van der Waals surface area contributed by atoms with Gasteiger partial charge in [-0.05, 0) is 74.9 Å². The highest BCUT2D eigenvalue weighted by atomic mass is 16.5. The molecule has 0 radical (unpaired) electrons. The maximum Gasteiger partial charge on any atom is 0.258 e. The third-order valence-corrected chi connectivity index (χ3v) is 5.91. The summed E-state index contributed by atoms with van der Waals surface area (Å²) in [5, 5.41) is 13.9. The van der Waals surface area contributed by atoms with Crippen LogP contribution in [0.15, 0.2) is 65.7 Å². The van der Waals surface area contributed by atoms with Gasteiger partial charge in [0.15, 0.2) is 6.61 Å². The zero-order chi connectivity index (χ0) is 23.8. The number of amides is 1. The Morgan fingerprint density at radius 3 is 2.85 bits per heavy atom. The van der Waals surface area contributed by atoms with E-state index >= 15 is 0 Å². The Morgan fingerprint density at radius 1 is 1.18 bits per heavy atom. The van der Waals surface area contributed by atoms with Gasteiger partial charge in [-0.1, -0.05) is 24.3 Å². The number of anilines is 2. The van der Waals surface area contributed by atoms with Crippen LogP contribution in [0.2, 0.25) is 0 Å². The first-order valence-corrected chi connectivity index (χ1v) is 11.8. The van der Waals surface area contributed by atoms with Crippen molar-refractivity contribution in [3.8, 4) is 5.75 Å². The van der Waals surface area contributed by atoms with Crippen molar-refractivity contribution in [1.29, 1.82) is 5.41 Å². The van der Waals surface area contributed by atoms with Crippen molar-refractivity contribution < 1.29 is 9.53 Å². The average molecular weight is 458 g/mol. The number of hydrogen-bond acceptors (Lipinski definition) is 6. The van der Waals surface area contributed by atoms with Crippen LogP contribution < -0.4 is 21.1 Å². The number of amidine groups is 1. The number of allylic oxidation sites excluding steroid dienone is 2. The Labute approximate surface area is 200 Å². The fraction of sp³-hybridized carbons (Fsp3) is 0.296. The summed E-state index contributed by atoms with van der Waals surface area (Å²) in [7, 11) is 0. The molecular weight excluding hydrogens is 426 g/mol. The Kier molecular flexibility index (Phi) is 7.75. The summed E-state index contributed by atoms with van der Waals surface area (Å²) in [6, 6.07) is 13.5.